The molecule has 0 saturated carbocycles. The fraction of sp³-hybridized carbons (Fsp3) is 0.217. The number of Topliss-reactive ketones (excluding diaryl/α,β-unsaturated/α-hetero) is 1. The van der Waals surface area contributed by atoms with E-state index in [9.17, 15) is 9.59 Å². The smallest absolute Gasteiger partial charge is 0.344 e. The standard InChI is InChI=1S/C23H22N2O4/c1-2-3-6-17-9-11-18(12-10-17)21(26)16-28-23(27)20-8-5-14-25-22(20)29-19-7-4-13-24-15-19/h4-5,7-15H,2-3,6,16H2,1H3. The predicted octanol–water partition coefficient (Wildman–Crippen LogP) is 4.65. The molecule has 148 valence electrons. The van der Waals surface area contributed by atoms with Crippen LogP contribution in [-0.2, 0) is 11.2 Å². The van der Waals surface area contributed by atoms with Gasteiger partial charge in [-0.05, 0) is 42.7 Å². The van der Waals surface area contributed by atoms with Crippen molar-refractivity contribution in [1.29, 1.82) is 0 Å². The van der Waals surface area contributed by atoms with E-state index in [1.54, 1.807) is 36.5 Å². The van der Waals surface area contributed by atoms with Crippen molar-refractivity contribution >= 4 is 11.8 Å². The molecule has 0 spiro atoms. The molecule has 0 aliphatic rings. The lowest BCUT2D eigenvalue weighted by Gasteiger charge is -2.09. The summed E-state index contributed by atoms with van der Waals surface area (Å²) in [5.74, 6) is -0.401. The number of nitrogens with zero attached hydrogens (tertiary/aromatic N) is 2. The zero-order chi connectivity index (χ0) is 20.5. The van der Waals surface area contributed by atoms with Crippen LogP contribution in [0.5, 0.6) is 11.6 Å². The molecule has 6 nitrogen and oxygen atoms in total. The number of esters is 1. The van der Waals surface area contributed by atoms with Crippen molar-refractivity contribution in [2.24, 2.45) is 0 Å². The number of pyridine rings is 2. The van der Waals surface area contributed by atoms with Crippen molar-refractivity contribution in [2.75, 3.05) is 6.61 Å². The van der Waals surface area contributed by atoms with Gasteiger partial charge in [0.15, 0.2) is 12.4 Å². The number of carbonyl (C=O) groups is 2. The first-order valence-corrected chi connectivity index (χ1v) is 9.49. The summed E-state index contributed by atoms with van der Waals surface area (Å²) in [6.45, 7) is 1.79. The predicted molar refractivity (Wildman–Crippen MR) is 108 cm³/mol. The number of hydrogen-bond donors (Lipinski definition) is 0. The third-order valence-electron chi connectivity index (χ3n) is 4.27. The minimum absolute atomic E-state index is 0.0956. The van der Waals surface area contributed by atoms with Gasteiger partial charge in [-0.3, -0.25) is 9.78 Å². The van der Waals surface area contributed by atoms with E-state index in [0.717, 1.165) is 19.3 Å². The summed E-state index contributed by atoms with van der Waals surface area (Å²) in [6.07, 6.45) is 7.85. The lowest BCUT2D eigenvalue weighted by Crippen LogP contribution is -2.15. The zero-order valence-corrected chi connectivity index (χ0v) is 16.2. The van der Waals surface area contributed by atoms with Gasteiger partial charge in [0.2, 0.25) is 5.88 Å². The average molecular weight is 390 g/mol. The molecule has 0 bridgehead atoms. The van der Waals surface area contributed by atoms with Gasteiger partial charge in [0, 0.05) is 18.0 Å². The quantitative estimate of drug-likeness (QED) is 0.391. The van der Waals surface area contributed by atoms with Crippen LogP contribution >= 0.6 is 0 Å². The summed E-state index contributed by atoms with van der Waals surface area (Å²) in [4.78, 5) is 32.8. The van der Waals surface area contributed by atoms with Gasteiger partial charge in [-0.15, -0.1) is 0 Å². The number of rotatable bonds is 9. The average Bonchev–Trinajstić information content (AvgIpc) is 2.77. The molecule has 1 aromatic carbocycles. The van der Waals surface area contributed by atoms with E-state index in [2.05, 4.69) is 16.9 Å². The normalized spacial score (nSPS) is 10.4. The summed E-state index contributed by atoms with van der Waals surface area (Å²) < 4.78 is 10.8. The number of aryl methyl sites for hydroxylation is 1. The van der Waals surface area contributed by atoms with Crippen LogP contribution in [0.2, 0.25) is 0 Å². The second kappa shape index (κ2) is 10.1. The first-order chi connectivity index (χ1) is 14.2. The van der Waals surface area contributed by atoms with Crippen LogP contribution in [0, 0.1) is 0 Å². The first-order valence-electron chi connectivity index (χ1n) is 9.49. The minimum Gasteiger partial charge on any atom is -0.454 e. The summed E-state index contributed by atoms with van der Waals surface area (Å²) in [5, 5.41) is 0. The lowest BCUT2D eigenvalue weighted by atomic mass is 10.0. The highest BCUT2D eigenvalue weighted by Gasteiger charge is 2.18. The molecule has 0 N–H and O–H groups in total. The fourth-order valence-electron chi connectivity index (χ4n) is 2.68. The van der Waals surface area contributed by atoms with E-state index in [0.29, 0.717) is 11.3 Å². The lowest BCUT2D eigenvalue weighted by molar-refractivity contribution is 0.0471. The Hall–Kier alpha value is -3.54. The van der Waals surface area contributed by atoms with Crippen molar-refractivity contribution in [1.82, 2.24) is 9.97 Å². The summed E-state index contributed by atoms with van der Waals surface area (Å²) in [7, 11) is 0. The van der Waals surface area contributed by atoms with Gasteiger partial charge in [-0.25, -0.2) is 9.78 Å². The van der Waals surface area contributed by atoms with Gasteiger partial charge >= 0.3 is 5.97 Å². The monoisotopic (exact) mass is 390 g/mol. The molecule has 0 aliphatic heterocycles. The topological polar surface area (TPSA) is 78.4 Å². The number of hydrogen-bond acceptors (Lipinski definition) is 6. The number of ketones is 1. The molecule has 0 unspecified atom stereocenters. The van der Waals surface area contributed by atoms with Crippen LogP contribution in [0.1, 0.15) is 46.0 Å². The van der Waals surface area contributed by atoms with Crippen LogP contribution in [0.3, 0.4) is 0 Å². The van der Waals surface area contributed by atoms with Crippen molar-refractivity contribution in [3.05, 3.63) is 83.8 Å². The first kappa shape index (κ1) is 20.2. The Morgan fingerprint density at radius 3 is 2.52 bits per heavy atom. The SMILES string of the molecule is CCCCc1ccc(C(=O)COC(=O)c2cccnc2Oc2cccnc2)cc1. The molecule has 2 heterocycles. The zero-order valence-electron chi connectivity index (χ0n) is 16.2. The number of carbonyl (C=O) groups excluding carboxylic acids is 2. The van der Waals surface area contributed by atoms with Gasteiger partial charge < -0.3 is 9.47 Å². The fourth-order valence-corrected chi connectivity index (χ4v) is 2.68. The molecule has 0 aliphatic carbocycles. The van der Waals surface area contributed by atoms with Gasteiger partial charge in [0.1, 0.15) is 11.3 Å². The molecule has 0 fully saturated rings. The maximum absolute atomic E-state index is 12.5. The molecule has 29 heavy (non-hydrogen) atoms. The van der Waals surface area contributed by atoms with Crippen LogP contribution in [0.15, 0.2) is 67.1 Å². The molecule has 3 rings (SSSR count). The Morgan fingerprint density at radius 2 is 1.79 bits per heavy atom. The minimum atomic E-state index is -0.676. The Kier molecular flexibility index (Phi) is 7.05. The molecule has 0 saturated heterocycles. The van der Waals surface area contributed by atoms with Crippen molar-refractivity contribution in [3.8, 4) is 11.6 Å². The number of benzene rings is 1. The van der Waals surface area contributed by atoms with Gasteiger partial charge in [0.25, 0.3) is 0 Å². The largest absolute Gasteiger partial charge is 0.454 e. The highest BCUT2D eigenvalue weighted by Crippen LogP contribution is 2.22. The Labute approximate surface area is 169 Å². The van der Waals surface area contributed by atoms with Crippen LogP contribution in [-0.4, -0.2) is 28.3 Å². The number of aromatic nitrogens is 2. The van der Waals surface area contributed by atoms with E-state index in [1.807, 2.05) is 12.1 Å². The maximum Gasteiger partial charge on any atom is 0.344 e. The molecule has 6 heteroatoms. The van der Waals surface area contributed by atoms with Crippen molar-refractivity contribution < 1.29 is 19.1 Å². The third kappa shape index (κ3) is 5.72. The molecule has 0 radical (unpaired) electrons. The number of unbranched alkanes of at least 4 members (excludes halogenated alkanes) is 1. The Balaban J connectivity index is 1.61. The van der Waals surface area contributed by atoms with Gasteiger partial charge in [0.05, 0.1) is 6.20 Å². The maximum atomic E-state index is 12.5. The van der Waals surface area contributed by atoms with Crippen molar-refractivity contribution in [2.45, 2.75) is 26.2 Å². The third-order valence-corrected chi connectivity index (χ3v) is 4.27. The van der Waals surface area contributed by atoms with E-state index < -0.39 is 5.97 Å². The van der Waals surface area contributed by atoms with Crippen molar-refractivity contribution in [3.63, 3.8) is 0 Å². The van der Waals surface area contributed by atoms with E-state index in [1.165, 1.54) is 24.0 Å². The van der Waals surface area contributed by atoms with Gasteiger partial charge in [-0.1, -0.05) is 37.6 Å². The molecular formula is C23H22N2O4. The highest BCUT2D eigenvalue weighted by atomic mass is 16.5. The van der Waals surface area contributed by atoms with E-state index in [-0.39, 0.29) is 23.8 Å². The van der Waals surface area contributed by atoms with Crippen LogP contribution < -0.4 is 4.74 Å². The second-order valence-electron chi connectivity index (χ2n) is 6.45. The summed E-state index contributed by atoms with van der Waals surface area (Å²) >= 11 is 0. The summed E-state index contributed by atoms with van der Waals surface area (Å²) in [6, 6.07) is 14.0. The highest BCUT2D eigenvalue weighted by molar-refractivity contribution is 5.99. The Morgan fingerprint density at radius 1 is 1.00 bits per heavy atom. The Bertz CT molecular complexity index is 956. The second-order valence-corrected chi connectivity index (χ2v) is 6.45. The molecule has 3 aromatic rings. The molecule has 0 amide bonds. The van der Waals surface area contributed by atoms with Crippen LogP contribution in [0.25, 0.3) is 0 Å². The molecule has 0 atom stereocenters. The van der Waals surface area contributed by atoms with Gasteiger partial charge in [-0.2, -0.15) is 0 Å². The summed E-state index contributed by atoms with van der Waals surface area (Å²) in [5.41, 5.74) is 1.84. The van der Waals surface area contributed by atoms with E-state index in [4.69, 9.17) is 9.47 Å². The molecule has 2 aromatic heterocycles. The number of ether oxygens (including phenoxy) is 2. The van der Waals surface area contributed by atoms with Crippen LogP contribution in [0.4, 0.5) is 0 Å². The molecular weight excluding hydrogens is 368 g/mol. The van der Waals surface area contributed by atoms with E-state index >= 15 is 0 Å².